The van der Waals surface area contributed by atoms with Crippen molar-refractivity contribution in [3.05, 3.63) is 43.5 Å². The molecular formula is C14H14N2O3S2. The van der Waals surface area contributed by atoms with E-state index in [1.54, 1.807) is 23.6 Å². The molecular weight excluding hydrogens is 308 g/mol. The number of nitrogens with one attached hydrogen (secondary N) is 1. The van der Waals surface area contributed by atoms with Crippen LogP contribution in [0.2, 0.25) is 0 Å². The number of nitrogens with zero attached hydrogens (tertiary/aromatic N) is 1. The van der Waals surface area contributed by atoms with Crippen LogP contribution in [-0.4, -0.2) is 22.0 Å². The number of carboxylic acids is 1. The summed E-state index contributed by atoms with van der Waals surface area (Å²) in [7, 11) is 0. The molecule has 0 radical (unpaired) electrons. The van der Waals surface area contributed by atoms with E-state index in [0.29, 0.717) is 11.4 Å². The molecule has 0 bridgehead atoms. The maximum Gasteiger partial charge on any atom is 0.328 e. The number of thiazole rings is 1. The number of aliphatic carboxylic acids is 1. The average molecular weight is 322 g/mol. The quantitative estimate of drug-likeness (QED) is 0.830. The topological polar surface area (TPSA) is 79.3 Å². The van der Waals surface area contributed by atoms with Crippen LogP contribution in [0.1, 0.15) is 30.0 Å². The van der Waals surface area contributed by atoms with Crippen LogP contribution in [0.5, 0.6) is 0 Å². The van der Waals surface area contributed by atoms with Crippen molar-refractivity contribution in [3.8, 4) is 0 Å². The first-order chi connectivity index (χ1) is 9.95. The average Bonchev–Trinajstić information content (AvgIpc) is 3.00. The first-order valence-electron chi connectivity index (χ1n) is 6.16. The Labute approximate surface area is 130 Å². The third-order valence-electron chi connectivity index (χ3n) is 2.63. The third kappa shape index (κ3) is 4.24. The highest BCUT2D eigenvalue weighted by molar-refractivity contribution is 7.15. The van der Waals surface area contributed by atoms with E-state index in [1.807, 2.05) is 13.8 Å². The Balaban J connectivity index is 2.02. The molecule has 2 heterocycles. The normalized spacial score (nSPS) is 11.0. The van der Waals surface area contributed by atoms with Crippen LogP contribution >= 0.6 is 22.7 Å². The molecule has 0 atom stereocenters. The van der Waals surface area contributed by atoms with Crippen LogP contribution in [0.15, 0.2) is 18.3 Å². The summed E-state index contributed by atoms with van der Waals surface area (Å²) in [5.41, 5.74) is 0.882. The Bertz CT molecular complexity index is 701. The Morgan fingerprint density at radius 2 is 2.14 bits per heavy atom. The monoisotopic (exact) mass is 322 g/mol. The van der Waals surface area contributed by atoms with Gasteiger partial charge in [0.15, 0.2) is 0 Å². The van der Waals surface area contributed by atoms with Crippen molar-refractivity contribution in [2.45, 2.75) is 20.4 Å². The first-order valence-corrected chi connectivity index (χ1v) is 7.80. The molecule has 1 amide bonds. The Hall–Kier alpha value is -1.99. The molecule has 0 aliphatic rings. The lowest BCUT2D eigenvalue weighted by atomic mass is 10.2. The number of aryl methyl sites for hydroxylation is 2. The van der Waals surface area contributed by atoms with Crippen molar-refractivity contribution in [2.75, 3.05) is 0 Å². The Morgan fingerprint density at radius 1 is 1.38 bits per heavy atom. The number of carboxylic acid groups (broad SMARTS) is 1. The van der Waals surface area contributed by atoms with Crippen molar-refractivity contribution >= 4 is 40.6 Å². The van der Waals surface area contributed by atoms with Gasteiger partial charge < -0.3 is 10.4 Å². The molecule has 2 aromatic heterocycles. The van der Waals surface area contributed by atoms with Gasteiger partial charge in [0, 0.05) is 22.0 Å². The number of rotatable bonds is 5. The maximum absolute atomic E-state index is 12.1. The van der Waals surface area contributed by atoms with Gasteiger partial charge in [-0.25, -0.2) is 9.78 Å². The van der Waals surface area contributed by atoms with E-state index in [-0.39, 0.29) is 5.91 Å². The molecule has 0 spiro atoms. The highest BCUT2D eigenvalue weighted by atomic mass is 32.1. The van der Waals surface area contributed by atoms with E-state index in [4.69, 9.17) is 5.11 Å². The van der Waals surface area contributed by atoms with Gasteiger partial charge in [0.25, 0.3) is 5.91 Å². The zero-order chi connectivity index (χ0) is 15.4. The number of hydrogen-bond acceptors (Lipinski definition) is 5. The summed E-state index contributed by atoms with van der Waals surface area (Å²) in [4.78, 5) is 29.2. The summed E-state index contributed by atoms with van der Waals surface area (Å²) in [5, 5.41) is 12.3. The largest absolute Gasteiger partial charge is 0.478 e. The Morgan fingerprint density at radius 3 is 2.76 bits per heavy atom. The van der Waals surface area contributed by atoms with Gasteiger partial charge in [-0.3, -0.25) is 4.79 Å². The van der Waals surface area contributed by atoms with Crippen molar-refractivity contribution in [1.29, 1.82) is 0 Å². The minimum atomic E-state index is -1.01. The van der Waals surface area contributed by atoms with Gasteiger partial charge in [0.2, 0.25) is 0 Å². The lowest BCUT2D eigenvalue weighted by Crippen LogP contribution is -2.21. The number of carbonyl (C=O) groups is 2. The number of amides is 1. The molecule has 0 aliphatic heterocycles. The lowest BCUT2D eigenvalue weighted by Gasteiger charge is -1.99. The minimum Gasteiger partial charge on any atom is -0.478 e. The second-order valence-electron chi connectivity index (χ2n) is 4.38. The van der Waals surface area contributed by atoms with E-state index in [0.717, 1.165) is 26.4 Å². The number of aromatic nitrogens is 1. The van der Waals surface area contributed by atoms with E-state index in [9.17, 15) is 9.59 Å². The maximum atomic E-state index is 12.1. The molecule has 5 nitrogen and oxygen atoms in total. The van der Waals surface area contributed by atoms with Crippen molar-refractivity contribution in [3.63, 3.8) is 0 Å². The van der Waals surface area contributed by atoms with Crippen molar-refractivity contribution in [2.24, 2.45) is 0 Å². The fraction of sp³-hybridized carbons (Fsp3) is 0.214. The molecule has 110 valence electrons. The van der Waals surface area contributed by atoms with Crippen LogP contribution in [-0.2, 0) is 11.3 Å². The minimum absolute atomic E-state index is 0.175. The molecule has 0 saturated carbocycles. The summed E-state index contributed by atoms with van der Waals surface area (Å²) in [6.45, 7) is 4.21. The first kappa shape index (κ1) is 15.4. The fourth-order valence-electron chi connectivity index (χ4n) is 1.65. The van der Waals surface area contributed by atoms with Gasteiger partial charge in [0.1, 0.15) is 5.01 Å². The second kappa shape index (κ2) is 6.64. The van der Waals surface area contributed by atoms with Gasteiger partial charge in [-0.1, -0.05) is 0 Å². The lowest BCUT2D eigenvalue weighted by molar-refractivity contribution is -0.131. The third-order valence-corrected chi connectivity index (χ3v) is 4.74. The zero-order valence-electron chi connectivity index (χ0n) is 11.5. The standard InChI is InChI=1S/C14H14N2O3S2/c1-8-5-11(21-10(8)3-4-13(17)18)14(19)16-7-12-15-6-9(2)20-12/h3-6H,7H2,1-2H3,(H,16,19)(H,17,18)/b4-3+. The fourth-order valence-corrected chi connectivity index (χ4v) is 3.37. The summed E-state index contributed by atoms with van der Waals surface area (Å²) in [5.74, 6) is -1.18. The van der Waals surface area contributed by atoms with Gasteiger partial charge in [-0.05, 0) is 31.6 Å². The molecule has 2 N–H and O–H groups in total. The van der Waals surface area contributed by atoms with E-state index >= 15 is 0 Å². The van der Waals surface area contributed by atoms with Gasteiger partial charge in [-0.2, -0.15) is 0 Å². The van der Waals surface area contributed by atoms with Crippen molar-refractivity contribution < 1.29 is 14.7 Å². The van der Waals surface area contributed by atoms with Crippen LogP contribution in [0.25, 0.3) is 6.08 Å². The molecule has 0 saturated heterocycles. The molecule has 2 aromatic rings. The summed E-state index contributed by atoms with van der Waals surface area (Å²) in [6.07, 6.45) is 4.35. The molecule has 0 aromatic carbocycles. The van der Waals surface area contributed by atoms with E-state index in [2.05, 4.69) is 10.3 Å². The number of carbonyl (C=O) groups excluding carboxylic acids is 1. The van der Waals surface area contributed by atoms with Gasteiger partial charge in [0.05, 0.1) is 11.4 Å². The van der Waals surface area contributed by atoms with Crippen molar-refractivity contribution in [1.82, 2.24) is 10.3 Å². The zero-order valence-corrected chi connectivity index (χ0v) is 13.2. The summed E-state index contributed by atoms with van der Waals surface area (Å²) in [6, 6.07) is 1.76. The van der Waals surface area contributed by atoms with Gasteiger partial charge in [-0.15, -0.1) is 22.7 Å². The molecule has 0 aliphatic carbocycles. The van der Waals surface area contributed by atoms with E-state index in [1.165, 1.54) is 17.4 Å². The molecule has 0 fully saturated rings. The smallest absolute Gasteiger partial charge is 0.328 e. The highest BCUT2D eigenvalue weighted by Crippen LogP contribution is 2.23. The SMILES string of the molecule is Cc1cnc(CNC(=O)c2cc(C)c(/C=C/C(=O)O)s2)s1. The van der Waals surface area contributed by atoms with Gasteiger partial charge >= 0.3 is 5.97 Å². The highest BCUT2D eigenvalue weighted by Gasteiger charge is 2.11. The van der Waals surface area contributed by atoms with E-state index < -0.39 is 5.97 Å². The van der Waals surface area contributed by atoms with Crippen LogP contribution in [0.4, 0.5) is 0 Å². The molecule has 21 heavy (non-hydrogen) atoms. The number of hydrogen-bond donors (Lipinski definition) is 2. The van der Waals surface area contributed by atoms with Crippen LogP contribution in [0, 0.1) is 13.8 Å². The Kier molecular flexibility index (Phi) is 4.87. The second-order valence-corrected chi connectivity index (χ2v) is 6.78. The predicted octanol–water partition coefficient (Wildman–Crippen LogP) is 2.85. The predicted molar refractivity (Wildman–Crippen MR) is 83.7 cm³/mol. The number of thiophene rings is 1. The molecule has 0 unspecified atom stereocenters. The molecule has 2 rings (SSSR count). The molecule has 7 heteroatoms. The van der Waals surface area contributed by atoms with Crippen LogP contribution in [0.3, 0.4) is 0 Å². The summed E-state index contributed by atoms with van der Waals surface area (Å²) < 4.78 is 0. The van der Waals surface area contributed by atoms with Crippen LogP contribution < -0.4 is 5.32 Å². The summed E-state index contributed by atoms with van der Waals surface area (Å²) >= 11 is 2.82.